The topological polar surface area (TPSA) is 66.8 Å². The van der Waals surface area contributed by atoms with Crippen molar-refractivity contribution in [3.63, 3.8) is 0 Å². The third-order valence-corrected chi connectivity index (χ3v) is 5.05. The molecule has 0 aliphatic carbocycles. The smallest absolute Gasteiger partial charge is 0.295 e. The zero-order valence-corrected chi connectivity index (χ0v) is 16.6. The van der Waals surface area contributed by atoms with Crippen LogP contribution in [-0.4, -0.2) is 42.0 Å². The molecule has 1 amide bonds. The number of halogens is 1. The summed E-state index contributed by atoms with van der Waals surface area (Å²) in [6.45, 7) is 2.79. The number of carbonyl (C=O) groups is 2. The maximum Gasteiger partial charge on any atom is 0.295 e. The average Bonchev–Trinajstić information content (AvgIpc) is 2.94. The monoisotopic (exact) mass is 399 g/mol. The summed E-state index contributed by atoms with van der Waals surface area (Å²) in [5, 5.41) is 11.4. The number of aryl methyl sites for hydroxylation is 1. The van der Waals surface area contributed by atoms with Crippen LogP contribution in [0.25, 0.3) is 5.76 Å². The fraction of sp³-hybridized carbons (Fsp3) is 0.273. The van der Waals surface area contributed by atoms with Crippen molar-refractivity contribution in [2.45, 2.75) is 19.4 Å². The predicted molar refractivity (Wildman–Crippen MR) is 108 cm³/mol. The second-order valence-corrected chi connectivity index (χ2v) is 7.19. The van der Waals surface area contributed by atoms with Crippen LogP contribution in [0.15, 0.2) is 54.1 Å². The van der Waals surface area contributed by atoms with E-state index in [0.29, 0.717) is 30.2 Å². The fourth-order valence-electron chi connectivity index (χ4n) is 3.35. The Morgan fingerprint density at radius 2 is 1.75 bits per heavy atom. The molecule has 28 heavy (non-hydrogen) atoms. The second-order valence-electron chi connectivity index (χ2n) is 6.76. The quantitative estimate of drug-likeness (QED) is 0.343. The molecule has 1 aliphatic heterocycles. The van der Waals surface area contributed by atoms with E-state index in [1.54, 1.807) is 31.4 Å². The van der Waals surface area contributed by atoms with E-state index in [0.717, 1.165) is 11.1 Å². The van der Waals surface area contributed by atoms with Crippen LogP contribution in [0.5, 0.6) is 0 Å². The highest BCUT2D eigenvalue weighted by Crippen LogP contribution is 2.39. The molecular weight excluding hydrogens is 378 g/mol. The van der Waals surface area contributed by atoms with E-state index < -0.39 is 17.7 Å². The van der Waals surface area contributed by atoms with Crippen molar-refractivity contribution in [2.75, 3.05) is 20.3 Å². The number of Topliss-reactive ketones (excluding diaryl/α,β-unsaturated/α-hetero) is 1. The normalized spacial score (nSPS) is 18.7. The first-order chi connectivity index (χ1) is 13.4. The number of rotatable bonds is 6. The van der Waals surface area contributed by atoms with E-state index in [1.807, 2.05) is 31.2 Å². The van der Waals surface area contributed by atoms with Gasteiger partial charge in [0.25, 0.3) is 11.7 Å². The lowest BCUT2D eigenvalue weighted by Crippen LogP contribution is -2.31. The summed E-state index contributed by atoms with van der Waals surface area (Å²) in [6, 6.07) is 13.5. The lowest BCUT2D eigenvalue weighted by Gasteiger charge is -2.25. The number of carbonyl (C=O) groups excluding carboxylic acids is 2. The summed E-state index contributed by atoms with van der Waals surface area (Å²) in [4.78, 5) is 27.0. The standard InChI is InChI=1S/C22H22ClNO4/c1-14-4-6-15(7-5-14)19-18(20(25)16-8-10-17(23)11-9-16)21(26)22(27)24(19)12-3-13-28-2/h4-11,19,25H,3,12-13H2,1-2H3/b20-18+. The fourth-order valence-corrected chi connectivity index (χ4v) is 3.47. The zero-order valence-electron chi connectivity index (χ0n) is 15.8. The van der Waals surface area contributed by atoms with Crippen LogP contribution in [0.1, 0.15) is 29.2 Å². The Hall–Kier alpha value is -2.63. The average molecular weight is 400 g/mol. The summed E-state index contributed by atoms with van der Waals surface area (Å²) in [5.41, 5.74) is 2.38. The highest BCUT2D eigenvalue weighted by Gasteiger charge is 2.45. The molecule has 2 aromatic carbocycles. The summed E-state index contributed by atoms with van der Waals surface area (Å²) in [7, 11) is 1.59. The van der Waals surface area contributed by atoms with Crippen molar-refractivity contribution in [2.24, 2.45) is 0 Å². The molecule has 1 atom stereocenters. The molecule has 146 valence electrons. The highest BCUT2D eigenvalue weighted by molar-refractivity contribution is 6.46. The Morgan fingerprint density at radius 3 is 2.36 bits per heavy atom. The van der Waals surface area contributed by atoms with Crippen LogP contribution >= 0.6 is 11.6 Å². The molecule has 1 fully saturated rings. The molecule has 1 N–H and O–H groups in total. The van der Waals surface area contributed by atoms with Crippen molar-refractivity contribution in [1.82, 2.24) is 4.90 Å². The molecule has 1 saturated heterocycles. The minimum absolute atomic E-state index is 0.0913. The van der Waals surface area contributed by atoms with Crippen molar-refractivity contribution in [1.29, 1.82) is 0 Å². The first-order valence-corrected chi connectivity index (χ1v) is 9.41. The maximum absolute atomic E-state index is 12.8. The summed E-state index contributed by atoms with van der Waals surface area (Å²) in [6.07, 6.45) is 0.590. The van der Waals surface area contributed by atoms with Gasteiger partial charge in [-0.15, -0.1) is 0 Å². The number of hydrogen-bond donors (Lipinski definition) is 1. The Bertz CT molecular complexity index is 903. The molecule has 5 nitrogen and oxygen atoms in total. The van der Waals surface area contributed by atoms with E-state index in [2.05, 4.69) is 0 Å². The van der Waals surface area contributed by atoms with Crippen molar-refractivity contribution in [3.05, 3.63) is 75.8 Å². The van der Waals surface area contributed by atoms with Crippen LogP contribution in [-0.2, 0) is 14.3 Å². The van der Waals surface area contributed by atoms with Gasteiger partial charge in [-0.2, -0.15) is 0 Å². The number of aliphatic hydroxyl groups excluding tert-OH is 1. The third-order valence-electron chi connectivity index (χ3n) is 4.80. The van der Waals surface area contributed by atoms with Crippen LogP contribution < -0.4 is 0 Å². The van der Waals surface area contributed by atoms with E-state index in [4.69, 9.17) is 16.3 Å². The van der Waals surface area contributed by atoms with Gasteiger partial charge >= 0.3 is 0 Å². The largest absolute Gasteiger partial charge is 0.507 e. The van der Waals surface area contributed by atoms with E-state index in [1.165, 1.54) is 4.90 Å². The number of aliphatic hydroxyl groups is 1. The first-order valence-electron chi connectivity index (χ1n) is 9.04. The minimum Gasteiger partial charge on any atom is -0.507 e. The maximum atomic E-state index is 12.8. The third kappa shape index (κ3) is 3.96. The highest BCUT2D eigenvalue weighted by atomic mass is 35.5. The molecule has 3 rings (SSSR count). The molecule has 0 spiro atoms. The van der Waals surface area contributed by atoms with Gasteiger partial charge in [0, 0.05) is 30.8 Å². The Balaban J connectivity index is 2.10. The molecule has 0 aromatic heterocycles. The lowest BCUT2D eigenvalue weighted by molar-refractivity contribution is -0.140. The van der Waals surface area contributed by atoms with E-state index >= 15 is 0 Å². The Kier molecular flexibility index (Phi) is 6.17. The zero-order chi connectivity index (χ0) is 20.3. The van der Waals surface area contributed by atoms with Gasteiger partial charge in [-0.3, -0.25) is 9.59 Å². The van der Waals surface area contributed by atoms with E-state index in [-0.39, 0.29) is 11.3 Å². The molecule has 1 aliphatic rings. The van der Waals surface area contributed by atoms with Gasteiger partial charge in [0.15, 0.2) is 0 Å². The number of benzene rings is 2. The number of hydrogen-bond acceptors (Lipinski definition) is 4. The van der Waals surface area contributed by atoms with Gasteiger partial charge in [-0.05, 0) is 43.2 Å². The SMILES string of the molecule is COCCCN1C(=O)C(=O)/C(=C(/O)c2ccc(Cl)cc2)C1c1ccc(C)cc1. The molecule has 0 saturated carbocycles. The Labute approximate surface area is 169 Å². The molecular formula is C22H22ClNO4. The Morgan fingerprint density at radius 1 is 1.11 bits per heavy atom. The van der Waals surface area contributed by atoms with Gasteiger partial charge in [0.05, 0.1) is 11.6 Å². The number of amides is 1. The summed E-state index contributed by atoms with van der Waals surface area (Å²) >= 11 is 5.92. The van der Waals surface area contributed by atoms with Crippen LogP contribution in [0, 0.1) is 6.92 Å². The van der Waals surface area contributed by atoms with E-state index in [9.17, 15) is 14.7 Å². The first kappa shape index (κ1) is 20.1. The summed E-state index contributed by atoms with van der Waals surface area (Å²) in [5.74, 6) is -1.50. The molecule has 0 bridgehead atoms. The number of ether oxygens (including phenoxy) is 1. The number of methoxy groups -OCH3 is 1. The minimum atomic E-state index is -0.685. The van der Waals surface area contributed by atoms with Gasteiger partial charge in [0.1, 0.15) is 5.76 Å². The molecule has 0 radical (unpaired) electrons. The lowest BCUT2D eigenvalue weighted by atomic mass is 9.94. The van der Waals surface area contributed by atoms with Crippen molar-refractivity contribution < 1.29 is 19.4 Å². The van der Waals surface area contributed by atoms with Crippen LogP contribution in [0.2, 0.25) is 5.02 Å². The predicted octanol–water partition coefficient (Wildman–Crippen LogP) is 4.11. The molecule has 6 heteroatoms. The van der Waals surface area contributed by atoms with Gasteiger partial charge in [-0.25, -0.2) is 0 Å². The molecule has 2 aromatic rings. The van der Waals surface area contributed by atoms with Gasteiger partial charge in [0.2, 0.25) is 0 Å². The van der Waals surface area contributed by atoms with Crippen molar-refractivity contribution in [3.8, 4) is 0 Å². The van der Waals surface area contributed by atoms with Crippen molar-refractivity contribution >= 4 is 29.1 Å². The van der Waals surface area contributed by atoms with Gasteiger partial charge in [-0.1, -0.05) is 41.4 Å². The van der Waals surface area contributed by atoms with Gasteiger partial charge < -0.3 is 14.7 Å². The molecule has 1 heterocycles. The summed E-state index contributed by atoms with van der Waals surface area (Å²) < 4.78 is 5.08. The number of nitrogens with zero attached hydrogens (tertiary/aromatic N) is 1. The number of likely N-dealkylation sites (tertiary alicyclic amines) is 1. The van der Waals surface area contributed by atoms with Crippen LogP contribution in [0.3, 0.4) is 0 Å². The van der Waals surface area contributed by atoms with Crippen LogP contribution in [0.4, 0.5) is 0 Å². The number of ketones is 1. The molecule has 1 unspecified atom stereocenters. The second kappa shape index (κ2) is 8.59.